The van der Waals surface area contributed by atoms with E-state index in [-0.39, 0.29) is 12.4 Å². The van der Waals surface area contributed by atoms with Gasteiger partial charge >= 0.3 is 7.68 Å². The van der Waals surface area contributed by atoms with Crippen LogP contribution < -0.4 is 5.73 Å². The molecule has 0 aliphatic heterocycles. The fourth-order valence-electron chi connectivity index (χ4n) is 1.40. The summed E-state index contributed by atoms with van der Waals surface area (Å²) in [5, 5.41) is 0. The van der Waals surface area contributed by atoms with Crippen LogP contribution >= 0.6 is 7.68 Å². The third-order valence-corrected chi connectivity index (χ3v) is 2.66. The Labute approximate surface area is 101 Å². The normalized spacial score (nSPS) is 14.8. The van der Waals surface area contributed by atoms with Gasteiger partial charge in [0.2, 0.25) is 0 Å². The van der Waals surface area contributed by atoms with Crippen LogP contribution in [0.25, 0.3) is 11.2 Å². The highest BCUT2D eigenvalue weighted by molar-refractivity contribution is 7.52. The van der Waals surface area contributed by atoms with Crippen LogP contribution in [0.15, 0.2) is 12.7 Å². The second-order valence-electron chi connectivity index (χ2n) is 3.52. The van der Waals surface area contributed by atoms with Crippen molar-refractivity contribution in [3.05, 3.63) is 12.7 Å². The summed E-state index contributed by atoms with van der Waals surface area (Å²) in [6, 6.07) is 0. The lowest BCUT2D eigenvalue weighted by molar-refractivity contribution is 0.154. The molecule has 0 fully saturated rings. The molecule has 1 unspecified atom stereocenters. The Morgan fingerprint density at radius 1 is 1.50 bits per heavy atom. The maximum atomic E-state index is 12.3. The molecule has 0 bridgehead atoms. The lowest BCUT2D eigenvalue weighted by Gasteiger charge is -2.05. The number of halogens is 1. The Balaban J connectivity index is 2.00. The molecular weight excluding hydrogens is 264 g/mol. The van der Waals surface area contributed by atoms with Gasteiger partial charge in [0, 0.05) is 6.54 Å². The number of nitrogens with zero attached hydrogens (tertiary/aromatic N) is 4. The van der Waals surface area contributed by atoms with Crippen LogP contribution in [0.4, 0.5) is 10.0 Å². The quantitative estimate of drug-likeness (QED) is 0.604. The highest BCUT2D eigenvalue weighted by Crippen LogP contribution is 2.41. The molecule has 18 heavy (non-hydrogen) atoms. The number of fused-ring (bicyclic) bond motifs is 1. The average molecular weight is 275 g/mol. The number of aromatic nitrogens is 4. The fraction of sp³-hybridized carbons (Fsp3) is 0.375. The lowest BCUT2D eigenvalue weighted by Crippen LogP contribution is -2.06. The van der Waals surface area contributed by atoms with Gasteiger partial charge in [-0.15, -0.1) is 0 Å². The fourth-order valence-corrected chi connectivity index (χ4v) is 1.76. The van der Waals surface area contributed by atoms with Gasteiger partial charge in [0.1, 0.15) is 11.8 Å². The third kappa shape index (κ3) is 3.00. The van der Waals surface area contributed by atoms with Gasteiger partial charge < -0.3 is 19.9 Å². The molecule has 2 rings (SSSR count). The molecule has 2 heterocycles. The topological polar surface area (TPSA) is 116 Å². The Hall–Kier alpha value is -1.57. The van der Waals surface area contributed by atoms with Gasteiger partial charge in [0.15, 0.2) is 17.8 Å². The number of ether oxygens (including phenoxy) is 1. The summed E-state index contributed by atoms with van der Waals surface area (Å²) in [6.45, 7) is 0.372. The van der Waals surface area contributed by atoms with Gasteiger partial charge in [0.25, 0.3) is 0 Å². The van der Waals surface area contributed by atoms with Gasteiger partial charge in [-0.3, -0.25) is 4.57 Å². The molecule has 0 aromatic carbocycles. The minimum Gasteiger partial charge on any atom is -0.382 e. The van der Waals surface area contributed by atoms with E-state index in [0.29, 0.717) is 17.7 Å². The van der Waals surface area contributed by atoms with Crippen molar-refractivity contribution >= 4 is 24.7 Å². The number of imidazole rings is 1. The SMILES string of the molecule is Nc1ncnc2c1ncn2CCOCP(=O)(O)F. The molecule has 0 spiro atoms. The highest BCUT2D eigenvalue weighted by Gasteiger charge is 2.15. The number of hydrogen-bond acceptors (Lipinski definition) is 6. The van der Waals surface area contributed by atoms with E-state index in [2.05, 4.69) is 15.0 Å². The summed E-state index contributed by atoms with van der Waals surface area (Å²) in [5.74, 6) is 0.267. The van der Waals surface area contributed by atoms with E-state index in [9.17, 15) is 8.76 Å². The molecule has 2 aromatic rings. The Morgan fingerprint density at radius 2 is 2.28 bits per heavy atom. The average Bonchev–Trinajstić information content (AvgIpc) is 2.68. The molecule has 0 saturated carbocycles. The number of rotatable bonds is 5. The molecule has 0 radical (unpaired) electrons. The zero-order chi connectivity index (χ0) is 13.2. The largest absolute Gasteiger partial charge is 0.389 e. The van der Waals surface area contributed by atoms with Gasteiger partial charge in [-0.2, -0.15) is 4.20 Å². The number of nitrogens with two attached hydrogens (primary N) is 1. The molecule has 8 nitrogen and oxygen atoms in total. The minimum absolute atomic E-state index is 0.0594. The number of hydrogen-bond donors (Lipinski definition) is 2. The predicted molar refractivity (Wildman–Crippen MR) is 61.5 cm³/mol. The highest BCUT2D eigenvalue weighted by atomic mass is 31.2. The summed E-state index contributed by atoms with van der Waals surface area (Å²) < 4.78 is 29.0. The van der Waals surface area contributed by atoms with Crippen molar-refractivity contribution in [1.29, 1.82) is 0 Å². The molecular formula is C8H11FN5O3P. The Bertz CT molecular complexity index is 597. The van der Waals surface area contributed by atoms with Crippen molar-refractivity contribution in [2.45, 2.75) is 6.54 Å². The van der Waals surface area contributed by atoms with E-state index in [1.165, 1.54) is 12.7 Å². The zero-order valence-electron chi connectivity index (χ0n) is 9.23. The number of nitrogen functional groups attached to an aromatic ring is 1. The van der Waals surface area contributed by atoms with Gasteiger partial charge in [0.05, 0.1) is 12.9 Å². The first kappa shape index (κ1) is 12.9. The number of anilines is 1. The van der Waals surface area contributed by atoms with E-state index >= 15 is 0 Å². The van der Waals surface area contributed by atoms with Crippen molar-refractivity contribution in [3.8, 4) is 0 Å². The first-order valence-corrected chi connectivity index (χ1v) is 6.71. The van der Waals surface area contributed by atoms with E-state index in [1.807, 2.05) is 0 Å². The Morgan fingerprint density at radius 3 is 3.00 bits per heavy atom. The van der Waals surface area contributed by atoms with E-state index < -0.39 is 14.0 Å². The van der Waals surface area contributed by atoms with Gasteiger partial charge in [-0.25, -0.2) is 15.0 Å². The molecule has 0 amide bonds. The van der Waals surface area contributed by atoms with Gasteiger partial charge in [-0.05, 0) is 0 Å². The van der Waals surface area contributed by atoms with Gasteiger partial charge in [-0.1, -0.05) is 0 Å². The van der Waals surface area contributed by atoms with Crippen LogP contribution in [0.3, 0.4) is 0 Å². The summed E-state index contributed by atoms with van der Waals surface area (Å²) in [6.07, 6.45) is 1.98. The third-order valence-electron chi connectivity index (χ3n) is 2.16. The lowest BCUT2D eigenvalue weighted by atomic mass is 10.5. The molecule has 3 N–H and O–H groups in total. The Kier molecular flexibility index (Phi) is 3.55. The zero-order valence-corrected chi connectivity index (χ0v) is 10.1. The molecule has 98 valence electrons. The second kappa shape index (κ2) is 4.97. The smallest absolute Gasteiger partial charge is 0.382 e. The van der Waals surface area contributed by atoms with E-state index in [0.717, 1.165) is 0 Å². The summed E-state index contributed by atoms with van der Waals surface area (Å²) >= 11 is 0. The van der Waals surface area contributed by atoms with E-state index in [4.69, 9.17) is 15.4 Å². The van der Waals surface area contributed by atoms with Crippen molar-refractivity contribution in [3.63, 3.8) is 0 Å². The minimum atomic E-state index is -4.62. The van der Waals surface area contributed by atoms with Crippen LogP contribution in [0, 0.1) is 0 Å². The monoisotopic (exact) mass is 275 g/mol. The van der Waals surface area contributed by atoms with Crippen LogP contribution in [0.2, 0.25) is 0 Å². The van der Waals surface area contributed by atoms with E-state index in [1.54, 1.807) is 4.57 Å². The van der Waals surface area contributed by atoms with Crippen LogP contribution in [0.5, 0.6) is 0 Å². The predicted octanol–water partition coefficient (Wildman–Crippen LogP) is 0.537. The first-order valence-electron chi connectivity index (χ1n) is 4.98. The second-order valence-corrected chi connectivity index (χ2v) is 5.01. The van der Waals surface area contributed by atoms with Crippen molar-refractivity contribution < 1.29 is 18.4 Å². The van der Waals surface area contributed by atoms with Crippen LogP contribution in [-0.2, 0) is 15.8 Å². The molecule has 0 aliphatic carbocycles. The molecule has 10 heteroatoms. The standard InChI is InChI=1S/C8H11FN5O3P/c9-18(15,16)5-17-2-1-14-4-13-6-7(10)11-3-12-8(6)14/h3-4H,1-2,5H2,(H,15,16)(H2,10,11,12). The van der Waals surface area contributed by atoms with Crippen molar-refractivity contribution in [2.75, 3.05) is 18.7 Å². The molecule has 0 saturated heterocycles. The summed E-state index contributed by atoms with van der Waals surface area (Å²) in [7, 11) is -4.62. The van der Waals surface area contributed by atoms with Crippen LogP contribution in [-0.4, -0.2) is 37.4 Å². The van der Waals surface area contributed by atoms with Crippen LogP contribution in [0.1, 0.15) is 0 Å². The van der Waals surface area contributed by atoms with Crippen molar-refractivity contribution in [1.82, 2.24) is 19.5 Å². The maximum Gasteiger partial charge on any atom is 0.389 e. The summed E-state index contributed by atoms with van der Waals surface area (Å²) in [4.78, 5) is 20.2. The summed E-state index contributed by atoms with van der Waals surface area (Å²) in [5.41, 5.74) is 6.60. The van der Waals surface area contributed by atoms with Crippen molar-refractivity contribution in [2.24, 2.45) is 0 Å². The molecule has 0 aliphatic rings. The first-order chi connectivity index (χ1) is 8.47. The molecule has 2 aromatic heterocycles. The molecule has 1 atom stereocenters. The maximum absolute atomic E-state index is 12.3.